The Bertz CT molecular complexity index is 355. The molecule has 0 radical (unpaired) electrons. The number of furan rings is 1. The predicted molar refractivity (Wildman–Crippen MR) is 58.1 cm³/mol. The molecule has 0 spiro atoms. The van der Waals surface area contributed by atoms with Crippen molar-refractivity contribution in [2.45, 2.75) is 25.8 Å². The first-order valence-corrected chi connectivity index (χ1v) is 5.60. The van der Waals surface area contributed by atoms with Crippen molar-refractivity contribution >= 4 is 16.8 Å². The van der Waals surface area contributed by atoms with E-state index in [0.717, 1.165) is 18.8 Å². The fourth-order valence-corrected chi connectivity index (χ4v) is 2.09. The van der Waals surface area contributed by atoms with Gasteiger partial charge in [0.05, 0.1) is 6.04 Å². The van der Waals surface area contributed by atoms with Crippen LogP contribution in [0.4, 0.5) is 0 Å². The van der Waals surface area contributed by atoms with Crippen molar-refractivity contribution in [3.8, 4) is 0 Å². The van der Waals surface area contributed by atoms with E-state index < -0.39 is 5.24 Å². The van der Waals surface area contributed by atoms with Gasteiger partial charge in [-0.3, -0.25) is 9.69 Å². The molecule has 82 valence electrons. The van der Waals surface area contributed by atoms with Gasteiger partial charge in [-0.2, -0.15) is 0 Å². The monoisotopic (exact) mass is 227 g/mol. The van der Waals surface area contributed by atoms with Gasteiger partial charge in [-0.05, 0) is 56.6 Å². The zero-order valence-electron chi connectivity index (χ0n) is 8.70. The predicted octanol–water partition coefficient (Wildman–Crippen LogP) is 2.82. The number of carbonyl (C=O) groups excluding carboxylic acids is 1. The second kappa shape index (κ2) is 4.37. The molecule has 1 aromatic rings. The summed E-state index contributed by atoms with van der Waals surface area (Å²) in [6.07, 6.45) is 2.48. The standard InChI is InChI=1S/C11H14ClNO2/c1-8(13-6-2-3-7-13)9-4-5-10(15-9)11(12)14/h4-5,8H,2-3,6-7H2,1H3. The van der Waals surface area contributed by atoms with E-state index in [0.29, 0.717) is 0 Å². The first-order valence-electron chi connectivity index (χ1n) is 5.22. The molecule has 0 aliphatic carbocycles. The highest BCUT2D eigenvalue weighted by atomic mass is 35.5. The van der Waals surface area contributed by atoms with Crippen molar-refractivity contribution in [2.24, 2.45) is 0 Å². The van der Waals surface area contributed by atoms with E-state index in [1.165, 1.54) is 12.8 Å². The number of nitrogens with zero attached hydrogens (tertiary/aromatic N) is 1. The molecule has 1 aromatic heterocycles. The molecule has 3 nitrogen and oxygen atoms in total. The van der Waals surface area contributed by atoms with Crippen molar-refractivity contribution in [1.29, 1.82) is 0 Å². The Morgan fingerprint density at radius 2 is 2.13 bits per heavy atom. The summed E-state index contributed by atoms with van der Waals surface area (Å²) in [5, 5.41) is -0.533. The van der Waals surface area contributed by atoms with Crippen molar-refractivity contribution in [2.75, 3.05) is 13.1 Å². The van der Waals surface area contributed by atoms with E-state index in [-0.39, 0.29) is 11.8 Å². The van der Waals surface area contributed by atoms with Gasteiger partial charge < -0.3 is 4.42 Å². The van der Waals surface area contributed by atoms with E-state index in [4.69, 9.17) is 16.0 Å². The zero-order valence-corrected chi connectivity index (χ0v) is 9.46. The normalized spacial score (nSPS) is 19.3. The van der Waals surface area contributed by atoms with E-state index >= 15 is 0 Å². The molecule has 1 saturated heterocycles. The maximum atomic E-state index is 10.9. The zero-order chi connectivity index (χ0) is 10.8. The number of hydrogen-bond acceptors (Lipinski definition) is 3. The molecule has 2 rings (SSSR count). The van der Waals surface area contributed by atoms with Crippen molar-refractivity contribution < 1.29 is 9.21 Å². The lowest BCUT2D eigenvalue weighted by Crippen LogP contribution is -2.22. The fraction of sp³-hybridized carbons (Fsp3) is 0.545. The summed E-state index contributed by atoms with van der Waals surface area (Å²) in [7, 11) is 0. The Labute approximate surface area is 94.0 Å². The summed E-state index contributed by atoms with van der Waals surface area (Å²) >= 11 is 5.33. The van der Waals surface area contributed by atoms with Crippen molar-refractivity contribution in [3.63, 3.8) is 0 Å². The van der Waals surface area contributed by atoms with Gasteiger partial charge in [-0.15, -0.1) is 0 Å². The highest BCUT2D eigenvalue weighted by Gasteiger charge is 2.22. The van der Waals surface area contributed by atoms with Crippen LogP contribution in [0, 0.1) is 0 Å². The number of carbonyl (C=O) groups is 1. The van der Waals surface area contributed by atoms with Crippen LogP contribution in [0.5, 0.6) is 0 Å². The Kier molecular flexibility index (Phi) is 3.12. The molecule has 0 saturated carbocycles. The third-order valence-electron chi connectivity index (χ3n) is 2.92. The lowest BCUT2D eigenvalue weighted by Gasteiger charge is -2.21. The minimum absolute atomic E-state index is 0.234. The summed E-state index contributed by atoms with van der Waals surface area (Å²) in [6.45, 7) is 4.30. The summed E-state index contributed by atoms with van der Waals surface area (Å²) < 4.78 is 5.40. The van der Waals surface area contributed by atoms with Gasteiger partial charge in [0, 0.05) is 0 Å². The van der Waals surface area contributed by atoms with Crippen molar-refractivity contribution in [3.05, 3.63) is 23.7 Å². The van der Waals surface area contributed by atoms with Crippen LogP contribution in [0.3, 0.4) is 0 Å². The first kappa shape index (κ1) is 10.7. The van der Waals surface area contributed by atoms with E-state index in [1.807, 2.05) is 6.07 Å². The van der Waals surface area contributed by atoms with Crippen LogP contribution in [0.15, 0.2) is 16.5 Å². The lowest BCUT2D eigenvalue weighted by molar-refractivity contribution is 0.105. The third kappa shape index (κ3) is 2.24. The summed E-state index contributed by atoms with van der Waals surface area (Å²) in [5.41, 5.74) is 0. The van der Waals surface area contributed by atoms with Crippen LogP contribution in [-0.4, -0.2) is 23.2 Å². The molecular weight excluding hydrogens is 214 g/mol. The Morgan fingerprint density at radius 3 is 2.67 bits per heavy atom. The highest BCUT2D eigenvalue weighted by molar-refractivity contribution is 6.67. The molecule has 1 unspecified atom stereocenters. The average Bonchev–Trinajstić information content (AvgIpc) is 2.88. The third-order valence-corrected chi connectivity index (χ3v) is 3.11. The van der Waals surface area contributed by atoms with Gasteiger partial charge in [-0.1, -0.05) is 0 Å². The lowest BCUT2D eigenvalue weighted by atomic mass is 10.2. The van der Waals surface area contributed by atoms with E-state index in [9.17, 15) is 4.79 Å². The van der Waals surface area contributed by atoms with Crippen LogP contribution in [-0.2, 0) is 0 Å². The summed E-state index contributed by atoms with van der Waals surface area (Å²) in [4.78, 5) is 13.2. The van der Waals surface area contributed by atoms with Gasteiger partial charge in [0.15, 0.2) is 5.76 Å². The van der Waals surface area contributed by atoms with Crippen LogP contribution >= 0.6 is 11.6 Å². The van der Waals surface area contributed by atoms with Gasteiger partial charge in [0.2, 0.25) is 0 Å². The number of likely N-dealkylation sites (tertiary alicyclic amines) is 1. The molecule has 0 N–H and O–H groups in total. The van der Waals surface area contributed by atoms with Crippen LogP contribution in [0.2, 0.25) is 0 Å². The molecule has 1 aliphatic rings. The summed E-state index contributed by atoms with van der Waals surface area (Å²) in [6, 6.07) is 3.70. The largest absolute Gasteiger partial charge is 0.455 e. The van der Waals surface area contributed by atoms with Gasteiger partial charge in [-0.25, -0.2) is 0 Å². The van der Waals surface area contributed by atoms with E-state index in [2.05, 4.69) is 11.8 Å². The van der Waals surface area contributed by atoms with Crippen LogP contribution < -0.4 is 0 Å². The second-order valence-corrected chi connectivity index (χ2v) is 4.24. The molecule has 0 bridgehead atoms. The average molecular weight is 228 g/mol. The number of hydrogen-bond donors (Lipinski definition) is 0. The second-order valence-electron chi connectivity index (χ2n) is 3.89. The minimum Gasteiger partial charge on any atom is -0.455 e. The summed E-state index contributed by atoms with van der Waals surface area (Å²) in [5.74, 6) is 1.05. The number of rotatable bonds is 3. The van der Waals surface area contributed by atoms with Gasteiger partial charge in [0.1, 0.15) is 5.76 Å². The molecule has 1 atom stereocenters. The fourth-order valence-electron chi connectivity index (χ4n) is 1.99. The molecular formula is C11H14ClNO2. The Hall–Kier alpha value is -0.800. The Balaban J connectivity index is 2.10. The quantitative estimate of drug-likeness (QED) is 0.745. The smallest absolute Gasteiger partial charge is 0.287 e. The molecule has 1 fully saturated rings. The minimum atomic E-state index is -0.533. The maximum Gasteiger partial charge on any atom is 0.287 e. The maximum absolute atomic E-state index is 10.9. The first-order chi connectivity index (χ1) is 7.18. The SMILES string of the molecule is CC(c1ccc(C(=O)Cl)o1)N1CCCC1. The van der Waals surface area contributed by atoms with Crippen molar-refractivity contribution in [1.82, 2.24) is 4.90 Å². The molecule has 0 amide bonds. The molecule has 0 aromatic carbocycles. The van der Waals surface area contributed by atoms with E-state index in [1.54, 1.807) is 6.07 Å². The molecule has 15 heavy (non-hydrogen) atoms. The van der Waals surface area contributed by atoms with Gasteiger partial charge >= 0.3 is 0 Å². The topological polar surface area (TPSA) is 33.5 Å². The van der Waals surface area contributed by atoms with Gasteiger partial charge in [0.25, 0.3) is 5.24 Å². The molecule has 1 aliphatic heterocycles. The number of halogens is 1. The molecule has 4 heteroatoms. The molecule has 2 heterocycles. The Morgan fingerprint density at radius 1 is 1.47 bits per heavy atom. The highest BCUT2D eigenvalue weighted by Crippen LogP contribution is 2.26. The van der Waals surface area contributed by atoms with Crippen LogP contribution in [0.1, 0.15) is 42.1 Å². The van der Waals surface area contributed by atoms with Crippen LogP contribution in [0.25, 0.3) is 0 Å².